The van der Waals surface area contributed by atoms with Crippen LogP contribution in [0, 0.1) is 0 Å². The molecule has 22 heavy (non-hydrogen) atoms. The molecule has 0 aliphatic carbocycles. The van der Waals surface area contributed by atoms with Gasteiger partial charge in [0, 0.05) is 0 Å². The molecule has 2 rings (SSSR count). The number of ether oxygens (including phenoxy) is 2. The number of hydrogen-bond donors (Lipinski definition) is 1. The van der Waals surface area contributed by atoms with Crippen LogP contribution >= 0.6 is 0 Å². The maximum atomic E-state index is 12.1. The van der Waals surface area contributed by atoms with Crippen LogP contribution in [0.25, 0.3) is 0 Å². The summed E-state index contributed by atoms with van der Waals surface area (Å²) in [4.78, 5) is 12.1. The maximum absolute atomic E-state index is 12.1. The van der Waals surface area contributed by atoms with Gasteiger partial charge in [-0.2, -0.15) is 0 Å². The molecule has 0 saturated heterocycles. The Hall–Kier alpha value is -2.49. The van der Waals surface area contributed by atoms with Crippen molar-refractivity contribution < 1.29 is 14.3 Å². The lowest BCUT2D eigenvalue weighted by molar-refractivity contribution is -0.123. The molecule has 1 N–H and O–H groups in total. The second-order valence-corrected chi connectivity index (χ2v) is 4.88. The Bertz CT molecular complexity index is 598. The first-order valence-electron chi connectivity index (χ1n) is 7.34. The van der Waals surface area contributed by atoms with Crippen LogP contribution in [0.1, 0.15) is 24.9 Å². The third-order valence-corrected chi connectivity index (χ3v) is 3.37. The number of nitrogens with one attached hydrogen (secondary N) is 1. The van der Waals surface area contributed by atoms with E-state index in [0.29, 0.717) is 11.5 Å². The zero-order chi connectivity index (χ0) is 15.8. The van der Waals surface area contributed by atoms with Crippen LogP contribution in [0.2, 0.25) is 0 Å². The third kappa shape index (κ3) is 4.25. The molecule has 0 fully saturated rings. The highest BCUT2D eigenvalue weighted by atomic mass is 16.5. The van der Waals surface area contributed by atoms with Crippen LogP contribution in [0.4, 0.5) is 0 Å². The Morgan fingerprint density at radius 1 is 1.05 bits per heavy atom. The average Bonchev–Trinajstić information content (AvgIpc) is 2.58. The molecule has 0 radical (unpaired) electrons. The zero-order valence-electron chi connectivity index (χ0n) is 12.9. The maximum Gasteiger partial charge on any atom is 0.258 e. The quantitative estimate of drug-likeness (QED) is 0.853. The SMILES string of the molecule is CC[C@@H](NC(=O)COc1ccccc1OC)c1ccccc1. The number of methoxy groups -OCH3 is 1. The van der Waals surface area contributed by atoms with Gasteiger partial charge in [0.05, 0.1) is 13.2 Å². The smallest absolute Gasteiger partial charge is 0.258 e. The molecular weight excluding hydrogens is 278 g/mol. The Labute approximate surface area is 131 Å². The van der Waals surface area contributed by atoms with Gasteiger partial charge in [-0.1, -0.05) is 49.4 Å². The van der Waals surface area contributed by atoms with Gasteiger partial charge < -0.3 is 14.8 Å². The zero-order valence-corrected chi connectivity index (χ0v) is 12.9. The van der Waals surface area contributed by atoms with Crippen molar-refractivity contribution in [3.8, 4) is 11.5 Å². The van der Waals surface area contributed by atoms with Crippen molar-refractivity contribution in [2.75, 3.05) is 13.7 Å². The van der Waals surface area contributed by atoms with Gasteiger partial charge in [-0.25, -0.2) is 0 Å². The fraction of sp³-hybridized carbons (Fsp3) is 0.278. The van der Waals surface area contributed by atoms with Gasteiger partial charge in [0.1, 0.15) is 0 Å². The Morgan fingerprint density at radius 2 is 1.68 bits per heavy atom. The fourth-order valence-electron chi connectivity index (χ4n) is 2.22. The van der Waals surface area contributed by atoms with Crippen LogP contribution in [-0.4, -0.2) is 19.6 Å². The summed E-state index contributed by atoms with van der Waals surface area (Å²) in [5.74, 6) is 1.03. The van der Waals surface area contributed by atoms with Gasteiger partial charge >= 0.3 is 0 Å². The van der Waals surface area contributed by atoms with E-state index in [2.05, 4.69) is 5.32 Å². The van der Waals surface area contributed by atoms with Gasteiger partial charge in [-0.05, 0) is 24.1 Å². The summed E-state index contributed by atoms with van der Waals surface area (Å²) in [5, 5.41) is 2.99. The standard InChI is InChI=1S/C18H21NO3/c1-3-15(14-9-5-4-6-10-14)19-18(20)13-22-17-12-8-7-11-16(17)21-2/h4-12,15H,3,13H2,1-2H3,(H,19,20)/t15-/m1/s1. The van der Waals surface area contributed by atoms with Crippen LogP contribution < -0.4 is 14.8 Å². The molecule has 116 valence electrons. The molecule has 0 aromatic heterocycles. The van der Waals surface area contributed by atoms with E-state index in [0.717, 1.165) is 12.0 Å². The predicted molar refractivity (Wildman–Crippen MR) is 86.1 cm³/mol. The predicted octanol–water partition coefficient (Wildman–Crippen LogP) is 3.34. The lowest BCUT2D eigenvalue weighted by atomic mass is 10.0. The van der Waals surface area contributed by atoms with Crippen molar-refractivity contribution in [2.24, 2.45) is 0 Å². The lowest BCUT2D eigenvalue weighted by Crippen LogP contribution is -2.32. The molecule has 0 heterocycles. The minimum atomic E-state index is -0.151. The fourth-order valence-corrected chi connectivity index (χ4v) is 2.22. The average molecular weight is 299 g/mol. The van der Waals surface area contributed by atoms with Crippen molar-refractivity contribution in [1.29, 1.82) is 0 Å². The molecule has 0 spiro atoms. The summed E-state index contributed by atoms with van der Waals surface area (Å²) in [6.07, 6.45) is 0.824. The molecule has 0 unspecified atom stereocenters. The normalized spacial score (nSPS) is 11.5. The first-order chi connectivity index (χ1) is 10.7. The van der Waals surface area contributed by atoms with Crippen LogP contribution in [0.15, 0.2) is 54.6 Å². The van der Waals surface area contributed by atoms with Gasteiger partial charge in [0.15, 0.2) is 18.1 Å². The van der Waals surface area contributed by atoms with Gasteiger partial charge in [-0.15, -0.1) is 0 Å². The molecule has 2 aromatic carbocycles. The summed E-state index contributed by atoms with van der Waals surface area (Å²) in [7, 11) is 1.57. The second-order valence-electron chi connectivity index (χ2n) is 4.88. The molecule has 4 heteroatoms. The number of rotatable bonds is 7. The van der Waals surface area contributed by atoms with E-state index in [1.165, 1.54) is 0 Å². The van der Waals surface area contributed by atoms with Crippen molar-refractivity contribution in [3.63, 3.8) is 0 Å². The number of benzene rings is 2. The first kappa shape index (κ1) is 15.9. The molecule has 0 aliphatic heterocycles. The molecular formula is C18H21NO3. The first-order valence-corrected chi connectivity index (χ1v) is 7.34. The summed E-state index contributed by atoms with van der Waals surface area (Å²) in [6.45, 7) is 2.00. The molecule has 1 atom stereocenters. The molecule has 2 aromatic rings. The topological polar surface area (TPSA) is 47.6 Å². The van der Waals surface area contributed by atoms with E-state index in [-0.39, 0.29) is 18.6 Å². The van der Waals surface area contributed by atoms with Gasteiger partial charge in [0.25, 0.3) is 5.91 Å². The monoisotopic (exact) mass is 299 g/mol. The highest BCUT2D eigenvalue weighted by molar-refractivity contribution is 5.78. The van der Waals surface area contributed by atoms with Gasteiger partial charge in [-0.3, -0.25) is 4.79 Å². The third-order valence-electron chi connectivity index (χ3n) is 3.37. The molecule has 0 saturated carbocycles. The Kier molecular flexibility index (Phi) is 5.83. The van der Waals surface area contributed by atoms with Crippen LogP contribution in [-0.2, 0) is 4.79 Å². The van der Waals surface area contributed by atoms with Gasteiger partial charge in [0.2, 0.25) is 0 Å². The van der Waals surface area contributed by atoms with Crippen LogP contribution in [0.5, 0.6) is 11.5 Å². The summed E-state index contributed by atoms with van der Waals surface area (Å²) in [5.41, 5.74) is 1.09. The number of para-hydroxylation sites is 2. The number of carbonyl (C=O) groups is 1. The second kappa shape index (κ2) is 8.08. The molecule has 1 amide bonds. The van der Waals surface area contributed by atoms with E-state index in [4.69, 9.17) is 9.47 Å². The minimum Gasteiger partial charge on any atom is -0.493 e. The molecule has 4 nitrogen and oxygen atoms in total. The summed E-state index contributed by atoms with van der Waals surface area (Å²) >= 11 is 0. The summed E-state index contributed by atoms with van der Waals surface area (Å²) < 4.78 is 10.7. The van der Waals surface area contributed by atoms with E-state index >= 15 is 0 Å². The van der Waals surface area contributed by atoms with Crippen molar-refractivity contribution in [1.82, 2.24) is 5.32 Å². The number of amides is 1. The largest absolute Gasteiger partial charge is 0.493 e. The van der Waals surface area contributed by atoms with Crippen molar-refractivity contribution in [3.05, 3.63) is 60.2 Å². The Morgan fingerprint density at radius 3 is 2.32 bits per heavy atom. The highest BCUT2D eigenvalue weighted by Crippen LogP contribution is 2.25. The summed E-state index contributed by atoms with van der Waals surface area (Å²) in [6, 6.07) is 17.2. The number of hydrogen-bond acceptors (Lipinski definition) is 3. The minimum absolute atomic E-state index is 0.00466. The van der Waals surface area contributed by atoms with Crippen molar-refractivity contribution >= 4 is 5.91 Å². The van der Waals surface area contributed by atoms with E-state index in [1.807, 2.05) is 49.4 Å². The van der Waals surface area contributed by atoms with Crippen LogP contribution in [0.3, 0.4) is 0 Å². The molecule has 0 aliphatic rings. The van der Waals surface area contributed by atoms with E-state index < -0.39 is 0 Å². The molecule has 0 bridgehead atoms. The Balaban J connectivity index is 1.92. The number of carbonyl (C=O) groups excluding carboxylic acids is 1. The van der Waals surface area contributed by atoms with Crippen molar-refractivity contribution in [2.45, 2.75) is 19.4 Å². The lowest BCUT2D eigenvalue weighted by Gasteiger charge is -2.18. The van der Waals surface area contributed by atoms with E-state index in [9.17, 15) is 4.79 Å². The van der Waals surface area contributed by atoms with E-state index in [1.54, 1.807) is 19.2 Å². The highest BCUT2D eigenvalue weighted by Gasteiger charge is 2.13.